The lowest BCUT2D eigenvalue weighted by atomic mass is 10.2. The van der Waals surface area contributed by atoms with Gasteiger partial charge in [0.1, 0.15) is 6.54 Å². The number of nitrogens with zero attached hydrogens (tertiary/aromatic N) is 5. The Bertz CT molecular complexity index is 1260. The van der Waals surface area contributed by atoms with Crippen LogP contribution in [-0.2, 0) is 11.3 Å². The fourth-order valence-corrected chi connectivity index (χ4v) is 3.06. The SMILES string of the molecule is COc1ccc(/C=N\NC(=O)Cn2c(-c3nonc3N)nc3ccccc32)cc1OC. The number of ether oxygens (including phenoxy) is 2. The summed E-state index contributed by atoms with van der Waals surface area (Å²) in [6.45, 7) is -0.0641. The van der Waals surface area contributed by atoms with Gasteiger partial charge in [-0.3, -0.25) is 4.79 Å². The zero-order valence-electron chi connectivity index (χ0n) is 16.8. The monoisotopic (exact) mass is 421 g/mol. The molecular formula is C20H19N7O4. The molecule has 158 valence electrons. The number of carbonyl (C=O) groups excluding carboxylic acids is 1. The predicted octanol–water partition coefficient (Wildman–Crippen LogP) is 1.84. The Morgan fingerprint density at radius 1 is 1.19 bits per heavy atom. The smallest absolute Gasteiger partial charge is 0.260 e. The van der Waals surface area contributed by atoms with E-state index in [0.29, 0.717) is 22.8 Å². The van der Waals surface area contributed by atoms with Crippen molar-refractivity contribution in [2.75, 3.05) is 20.0 Å². The summed E-state index contributed by atoms with van der Waals surface area (Å²) in [7, 11) is 3.10. The number of rotatable bonds is 7. The molecule has 2 aromatic heterocycles. The molecule has 1 amide bonds. The summed E-state index contributed by atoms with van der Waals surface area (Å²) in [4.78, 5) is 17.1. The van der Waals surface area contributed by atoms with Crippen LogP contribution in [0.4, 0.5) is 5.82 Å². The number of carbonyl (C=O) groups is 1. The van der Waals surface area contributed by atoms with Crippen LogP contribution >= 0.6 is 0 Å². The summed E-state index contributed by atoms with van der Waals surface area (Å²) in [6, 6.07) is 12.7. The summed E-state index contributed by atoms with van der Waals surface area (Å²) >= 11 is 0. The van der Waals surface area contributed by atoms with Crippen molar-refractivity contribution in [1.29, 1.82) is 0 Å². The summed E-state index contributed by atoms with van der Waals surface area (Å²) in [6.07, 6.45) is 1.51. The minimum Gasteiger partial charge on any atom is -0.493 e. The Kier molecular flexibility index (Phi) is 5.47. The average Bonchev–Trinajstić information content (AvgIpc) is 3.36. The molecule has 0 spiro atoms. The van der Waals surface area contributed by atoms with Crippen LogP contribution in [0.2, 0.25) is 0 Å². The first-order valence-electron chi connectivity index (χ1n) is 9.18. The number of aromatic nitrogens is 4. The minimum absolute atomic E-state index is 0.0641. The van der Waals surface area contributed by atoms with Crippen molar-refractivity contribution in [3.05, 3.63) is 48.0 Å². The quantitative estimate of drug-likeness (QED) is 0.340. The summed E-state index contributed by atoms with van der Waals surface area (Å²) in [5.74, 6) is 1.26. The highest BCUT2D eigenvalue weighted by atomic mass is 16.6. The van der Waals surface area contributed by atoms with Gasteiger partial charge in [0, 0.05) is 0 Å². The maximum Gasteiger partial charge on any atom is 0.260 e. The lowest BCUT2D eigenvalue weighted by Gasteiger charge is -2.08. The van der Waals surface area contributed by atoms with E-state index in [0.717, 1.165) is 11.1 Å². The number of para-hydroxylation sites is 2. The van der Waals surface area contributed by atoms with Gasteiger partial charge in [-0.1, -0.05) is 12.1 Å². The zero-order chi connectivity index (χ0) is 21.8. The van der Waals surface area contributed by atoms with Crippen molar-refractivity contribution in [3.8, 4) is 23.0 Å². The van der Waals surface area contributed by atoms with E-state index in [-0.39, 0.29) is 24.0 Å². The lowest BCUT2D eigenvalue weighted by molar-refractivity contribution is -0.121. The maximum atomic E-state index is 12.6. The van der Waals surface area contributed by atoms with Crippen molar-refractivity contribution in [2.24, 2.45) is 5.10 Å². The maximum absolute atomic E-state index is 12.6. The summed E-state index contributed by atoms with van der Waals surface area (Å²) < 4.78 is 16.8. The molecule has 0 radical (unpaired) electrons. The van der Waals surface area contributed by atoms with Crippen molar-refractivity contribution in [3.63, 3.8) is 0 Å². The highest BCUT2D eigenvalue weighted by Crippen LogP contribution is 2.27. The van der Waals surface area contributed by atoms with Gasteiger partial charge in [-0.05, 0) is 46.2 Å². The number of nitrogen functional groups attached to an aromatic ring is 1. The van der Waals surface area contributed by atoms with E-state index in [4.69, 9.17) is 15.2 Å². The molecule has 0 bridgehead atoms. The Balaban J connectivity index is 1.54. The standard InChI is InChI=1S/C20H19N7O4/c1-29-15-8-7-12(9-16(15)30-2)10-22-24-17(28)11-27-14-6-4-3-5-13(14)23-20(27)18-19(21)26-31-25-18/h3-10H,11H2,1-2H3,(H2,21,26)(H,24,28)/b22-10-. The lowest BCUT2D eigenvalue weighted by Crippen LogP contribution is -2.23. The molecule has 31 heavy (non-hydrogen) atoms. The van der Waals surface area contributed by atoms with Gasteiger partial charge in [-0.2, -0.15) is 5.10 Å². The van der Waals surface area contributed by atoms with Crippen LogP contribution in [0, 0.1) is 0 Å². The molecule has 4 aromatic rings. The molecule has 0 aliphatic carbocycles. The third-order valence-electron chi connectivity index (χ3n) is 4.49. The van der Waals surface area contributed by atoms with Crippen molar-refractivity contribution in [1.82, 2.24) is 25.3 Å². The first-order chi connectivity index (χ1) is 15.1. The van der Waals surface area contributed by atoms with E-state index in [1.165, 1.54) is 6.21 Å². The highest BCUT2D eigenvalue weighted by molar-refractivity contribution is 5.86. The van der Waals surface area contributed by atoms with Gasteiger partial charge in [0.2, 0.25) is 0 Å². The van der Waals surface area contributed by atoms with Gasteiger partial charge in [0.05, 0.1) is 31.5 Å². The van der Waals surface area contributed by atoms with Crippen LogP contribution in [0.3, 0.4) is 0 Å². The van der Waals surface area contributed by atoms with E-state index in [9.17, 15) is 4.79 Å². The van der Waals surface area contributed by atoms with E-state index in [1.807, 2.05) is 24.3 Å². The van der Waals surface area contributed by atoms with Crippen LogP contribution in [0.15, 0.2) is 52.2 Å². The number of benzene rings is 2. The predicted molar refractivity (Wildman–Crippen MR) is 113 cm³/mol. The molecule has 0 unspecified atom stereocenters. The van der Waals surface area contributed by atoms with Gasteiger partial charge in [-0.15, -0.1) is 0 Å². The summed E-state index contributed by atoms with van der Waals surface area (Å²) in [5, 5.41) is 11.4. The number of methoxy groups -OCH3 is 2. The third kappa shape index (κ3) is 4.01. The molecule has 0 saturated carbocycles. The molecule has 0 atom stereocenters. The topological polar surface area (TPSA) is 143 Å². The molecule has 0 fully saturated rings. The van der Waals surface area contributed by atoms with E-state index in [2.05, 4.69) is 30.5 Å². The Labute approximate surface area is 176 Å². The largest absolute Gasteiger partial charge is 0.493 e. The first-order valence-corrected chi connectivity index (χ1v) is 9.18. The van der Waals surface area contributed by atoms with Crippen LogP contribution < -0.4 is 20.6 Å². The van der Waals surface area contributed by atoms with Gasteiger partial charge in [-0.25, -0.2) is 15.0 Å². The summed E-state index contributed by atoms with van der Waals surface area (Å²) in [5.41, 5.74) is 10.7. The number of hydrogen-bond donors (Lipinski definition) is 2. The zero-order valence-corrected chi connectivity index (χ0v) is 16.8. The molecule has 0 saturated heterocycles. The van der Waals surface area contributed by atoms with Crippen molar-refractivity contribution < 1.29 is 18.9 Å². The normalized spacial score (nSPS) is 11.2. The Morgan fingerprint density at radius 3 is 2.74 bits per heavy atom. The van der Waals surface area contributed by atoms with Gasteiger partial charge < -0.3 is 19.8 Å². The fourth-order valence-electron chi connectivity index (χ4n) is 3.06. The van der Waals surface area contributed by atoms with E-state index < -0.39 is 0 Å². The number of nitrogens with one attached hydrogen (secondary N) is 1. The van der Waals surface area contributed by atoms with Crippen LogP contribution in [0.1, 0.15) is 5.56 Å². The number of nitrogens with two attached hydrogens (primary N) is 1. The molecule has 3 N–H and O–H groups in total. The number of imidazole rings is 1. The number of amides is 1. The van der Waals surface area contributed by atoms with Crippen molar-refractivity contribution in [2.45, 2.75) is 6.54 Å². The van der Waals surface area contributed by atoms with Gasteiger partial charge in [0.25, 0.3) is 5.91 Å². The first kappa shape index (κ1) is 19.9. The molecule has 2 aromatic carbocycles. The number of hydrazone groups is 1. The van der Waals surface area contributed by atoms with E-state index >= 15 is 0 Å². The third-order valence-corrected chi connectivity index (χ3v) is 4.49. The van der Waals surface area contributed by atoms with Gasteiger partial charge >= 0.3 is 0 Å². The van der Waals surface area contributed by atoms with E-state index in [1.54, 1.807) is 37.0 Å². The molecule has 2 heterocycles. The molecule has 4 rings (SSSR count). The number of hydrogen-bond acceptors (Lipinski definition) is 9. The molecular weight excluding hydrogens is 402 g/mol. The van der Waals surface area contributed by atoms with Crippen molar-refractivity contribution >= 4 is 29.0 Å². The number of anilines is 1. The molecule has 0 aliphatic heterocycles. The fraction of sp³-hybridized carbons (Fsp3) is 0.150. The number of fused-ring (bicyclic) bond motifs is 1. The highest BCUT2D eigenvalue weighted by Gasteiger charge is 2.20. The second kappa shape index (κ2) is 8.53. The minimum atomic E-state index is -0.365. The molecule has 11 nitrogen and oxygen atoms in total. The second-order valence-corrected chi connectivity index (χ2v) is 6.42. The molecule has 0 aliphatic rings. The van der Waals surface area contributed by atoms with Crippen LogP contribution in [0.5, 0.6) is 11.5 Å². The average molecular weight is 421 g/mol. The second-order valence-electron chi connectivity index (χ2n) is 6.42. The molecule has 11 heteroatoms. The van der Waals surface area contributed by atoms with Gasteiger partial charge in [0.15, 0.2) is 28.8 Å². The Morgan fingerprint density at radius 2 is 2.00 bits per heavy atom. The van der Waals surface area contributed by atoms with Crippen LogP contribution in [-0.4, -0.2) is 46.2 Å². The Hall–Kier alpha value is -4.41. The van der Waals surface area contributed by atoms with Crippen LogP contribution in [0.25, 0.3) is 22.6 Å².